The first-order chi connectivity index (χ1) is 15.1. The molecule has 2 aromatic carbocycles. The van der Waals surface area contributed by atoms with Gasteiger partial charge in [-0.2, -0.15) is 5.10 Å². The molecule has 0 bridgehead atoms. The van der Waals surface area contributed by atoms with E-state index in [0.29, 0.717) is 39.3 Å². The van der Waals surface area contributed by atoms with Crippen molar-refractivity contribution in [3.63, 3.8) is 0 Å². The summed E-state index contributed by atoms with van der Waals surface area (Å²) in [6, 6.07) is 12.5. The number of hydrogen-bond donors (Lipinski definition) is 2. The Morgan fingerprint density at radius 3 is 2.87 bits per heavy atom. The Bertz CT molecular complexity index is 1510. The predicted molar refractivity (Wildman–Crippen MR) is 115 cm³/mol. The first kappa shape index (κ1) is 18.6. The maximum Gasteiger partial charge on any atom is 0.291 e. The predicted octanol–water partition coefficient (Wildman–Crippen LogP) is 3.42. The maximum atomic E-state index is 13.1. The van der Waals surface area contributed by atoms with Crippen molar-refractivity contribution < 1.29 is 13.9 Å². The monoisotopic (exact) mass is 415 g/mol. The van der Waals surface area contributed by atoms with E-state index in [-0.39, 0.29) is 11.3 Å². The number of aryl methyl sites for hydroxylation is 1. The van der Waals surface area contributed by atoms with Crippen molar-refractivity contribution in [3.05, 3.63) is 76.7 Å². The second-order valence-electron chi connectivity index (χ2n) is 6.91. The zero-order chi connectivity index (χ0) is 21.5. The summed E-state index contributed by atoms with van der Waals surface area (Å²) in [5.41, 5.74) is 2.47. The number of amides is 1. The minimum Gasteiger partial charge on any atom is -0.497 e. The lowest BCUT2D eigenvalue weighted by molar-refractivity contribution is 0.0998. The normalized spacial score (nSPS) is 11.2. The molecule has 0 aliphatic rings. The summed E-state index contributed by atoms with van der Waals surface area (Å²) in [5.74, 6) is 0.488. The van der Waals surface area contributed by atoms with Crippen molar-refractivity contribution in [1.29, 1.82) is 0 Å². The molecule has 0 unspecified atom stereocenters. The van der Waals surface area contributed by atoms with Crippen LogP contribution in [0.1, 0.15) is 16.1 Å². The molecule has 0 aliphatic heterocycles. The van der Waals surface area contributed by atoms with Crippen LogP contribution >= 0.6 is 0 Å². The molecule has 1 amide bonds. The molecule has 0 radical (unpaired) electrons. The molecule has 31 heavy (non-hydrogen) atoms. The Kier molecular flexibility index (Phi) is 4.28. The van der Waals surface area contributed by atoms with Gasteiger partial charge in [-0.05, 0) is 37.3 Å². The number of rotatable bonds is 4. The highest BCUT2D eigenvalue weighted by molar-refractivity contribution is 6.07. The Labute approximate surface area is 175 Å². The Morgan fingerprint density at radius 2 is 2.03 bits per heavy atom. The summed E-state index contributed by atoms with van der Waals surface area (Å²) in [6.07, 6.45) is 2.76. The molecule has 154 valence electrons. The Morgan fingerprint density at radius 1 is 1.19 bits per heavy atom. The summed E-state index contributed by atoms with van der Waals surface area (Å²) >= 11 is 0. The van der Waals surface area contributed by atoms with Crippen molar-refractivity contribution in [2.45, 2.75) is 6.92 Å². The third-order valence-corrected chi connectivity index (χ3v) is 5.10. The lowest BCUT2D eigenvalue weighted by Gasteiger charge is -2.11. The summed E-state index contributed by atoms with van der Waals surface area (Å²) in [7, 11) is 1.59. The number of H-pyrrole nitrogens is 1. The van der Waals surface area contributed by atoms with E-state index in [0.717, 1.165) is 5.39 Å². The van der Waals surface area contributed by atoms with Crippen LogP contribution in [0.25, 0.3) is 27.7 Å². The van der Waals surface area contributed by atoms with Gasteiger partial charge in [0, 0.05) is 10.9 Å². The molecule has 9 nitrogen and oxygen atoms in total. The molecule has 0 saturated carbocycles. The van der Waals surface area contributed by atoms with Crippen LogP contribution < -0.4 is 15.6 Å². The Balaban J connectivity index is 1.55. The summed E-state index contributed by atoms with van der Waals surface area (Å²) in [4.78, 5) is 31.8. The van der Waals surface area contributed by atoms with Crippen molar-refractivity contribution >= 4 is 33.6 Å². The number of aromatic nitrogens is 4. The first-order valence-corrected chi connectivity index (χ1v) is 9.46. The van der Waals surface area contributed by atoms with Crippen LogP contribution in [0.5, 0.6) is 5.75 Å². The highest BCUT2D eigenvalue weighted by Crippen LogP contribution is 2.30. The summed E-state index contributed by atoms with van der Waals surface area (Å²) in [6.45, 7) is 1.82. The minimum absolute atomic E-state index is 0.206. The van der Waals surface area contributed by atoms with Gasteiger partial charge in [-0.1, -0.05) is 12.1 Å². The standard InChI is InChI=1S/C22H17N5O4/c1-12-14-9-13(30-2)7-8-18(14)31-19(12)22(29)26-16-5-3-4-6-17(16)27-20-15(10-25-27)21(28)24-11-23-20/h3-11H,1-2H3,(H,26,29)(H,23,24,28). The van der Waals surface area contributed by atoms with E-state index in [1.807, 2.05) is 19.1 Å². The maximum absolute atomic E-state index is 13.1. The summed E-state index contributed by atoms with van der Waals surface area (Å²) in [5, 5.41) is 8.33. The SMILES string of the molecule is COc1ccc2oc(C(=O)Nc3ccccc3-n3ncc4c(=O)[nH]cnc43)c(C)c2c1. The van der Waals surface area contributed by atoms with Crippen LogP contribution in [0.3, 0.4) is 0 Å². The highest BCUT2D eigenvalue weighted by Gasteiger charge is 2.20. The number of ether oxygens (including phenoxy) is 1. The van der Waals surface area contributed by atoms with Gasteiger partial charge in [-0.25, -0.2) is 9.67 Å². The number of carbonyl (C=O) groups excluding carboxylic acids is 1. The molecule has 9 heteroatoms. The van der Waals surface area contributed by atoms with Gasteiger partial charge in [-0.3, -0.25) is 9.59 Å². The second kappa shape index (κ2) is 7.13. The van der Waals surface area contributed by atoms with Crippen LogP contribution in [0.2, 0.25) is 0 Å². The lowest BCUT2D eigenvalue weighted by atomic mass is 10.1. The van der Waals surface area contributed by atoms with E-state index in [9.17, 15) is 9.59 Å². The van der Waals surface area contributed by atoms with E-state index in [2.05, 4.69) is 20.4 Å². The largest absolute Gasteiger partial charge is 0.497 e. The zero-order valence-electron chi connectivity index (χ0n) is 16.7. The number of furan rings is 1. The van der Waals surface area contributed by atoms with E-state index >= 15 is 0 Å². The number of benzene rings is 2. The number of aromatic amines is 1. The molecular weight excluding hydrogens is 398 g/mol. The van der Waals surface area contributed by atoms with Crippen molar-refractivity contribution in [2.75, 3.05) is 12.4 Å². The number of hydrogen-bond acceptors (Lipinski definition) is 6. The average molecular weight is 415 g/mol. The molecule has 0 aliphatic carbocycles. The molecule has 0 saturated heterocycles. The van der Waals surface area contributed by atoms with Gasteiger partial charge < -0.3 is 19.5 Å². The number of methoxy groups -OCH3 is 1. The lowest BCUT2D eigenvalue weighted by Crippen LogP contribution is -2.14. The fraction of sp³-hybridized carbons (Fsp3) is 0.0909. The topological polar surface area (TPSA) is 115 Å². The van der Waals surface area contributed by atoms with Crippen molar-refractivity contribution in [2.24, 2.45) is 0 Å². The smallest absolute Gasteiger partial charge is 0.291 e. The fourth-order valence-electron chi connectivity index (χ4n) is 3.52. The molecule has 2 N–H and O–H groups in total. The van der Waals surface area contributed by atoms with Gasteiger partial charge in [0.25, 0.3) is 11.5 Å². The number of anilines is 1. The van der Waals surface area contributed by atoms with E-state index < -0.39 is 5.91 Å². The van der Waals surface area contributed by atoms with Crippen LogP contribution in [0.4, 0.5) is 5.69 Å². The van der Waals surface area contributed by atoms with Gasteiger partial charge in [0.2, 0.25) is 0 Å². The minimum atomic E-state index is -0.401. The van der Waals surface area contributed by atoms with Crippen molar-refractivity contribution in [1.82, 2.24) is 19.7 Å². The molecule has 5 rings (SSSR count). The molecule has 3 heterocycles. The molecule has 0 spiro atoms. The third-order valence-electron chi connectivity index (χ3n) is 5.10. The first-order valence-electron chi connectivity index (χ1n) is 9.46. The van der Waals surface area contributed by atoms with Crippen molar-refractivity contribution in [3.8, 4) is 11.4 Å². The van der Waals surface area contributed by atoms with Gasteiger partial charge in [0.15, 0.2) is 11.4 Å². The van der Waals surface area contributed by atoms with E-state index in [1.54, 1.807) is 37.4 Å². The molecule has 0 atom stereocenters. The van der Waals surface area contributed by atoms with Gasteiger partial charge >= 0.3 is 0 Å². The quantitative estimate of drug-likeness (QED) is 0.465. The van der Waals surface area contributed by atoms with Crippen LogP contribution in [0, 0.1) is 6.92 Å². The number of carbonyl (C=O) groups is 1. The van der Waals surface area contributed by atoms with Gasteiger partial charge in [-0.15, -0.1) is 0 Å². The second-order valence-corrected chi connectivity index (χ2v) is 6.91. The van der Waals surface area contributed by atoms with Crippen LogP contribution in [-0.4, -0.2) is 32.8 Å². The summed E-state index contributed by atoms with van der Waals surface area (Å²) < 4.78 is 12.6. The van der Waals surface area contributed by atoms with Crippen LogP contribution in [-0.2, 0) is 0 Å². The third kappa shape index (κ3) is 3.03. The highest BCUT2D eigenvalue weighted by atomic mass is 16.5. The number of para-hydroxylation sites is 2. The van der Waals surface area contributed by atoms with Crippen LogP contribution in [0.15, 0.2) is 64.2 Å². The Hall–Kier alpha value is -4.40. The number of fused-ring (bicyclic) bond motifs is 2. The molecular formula is C22H17N5O4. The number of nitrogens with zero attached hydrogens (tertiary/aromatic N) is 3. The molecule has 0 fully saturated rings. The molecule has 5 aromatic rings. The average Bonchev–Trinajstić information content (AvgIpc) is 3.36. The fourth-order valence-corrected chi connectivity index (χ4v) is 3.52. The zero-order valence-corrected chi connectivity index (χ0v) is 16.7. The van der Waals surface area contributed by atoms with E-state index in [4.69, 9.17) is 9.15 Å². The number of nitrogens with one attached hydrogen (secondary N) is 2. The van der Waals surface area contributed by atoms with E-state index in [1.165, 1.54) is 17.2 Å². The van der Waals surface area contributed by atoms with Gasteiger partial charge in [0.1, 0.15) is 16.7 Å². The van der Waals surface area contributed by atoms with Gasteiger partial charge in [0.05, 0.1) is 31.0 Å². The molecule has 3 aromatic heterocycles.